The molecule has 1 aliphatic rings. The third-order valence-electron chi connectivity index (χ3n) is 3.56. The number of hydrogen-bond acceptors (Lipinski definition) is 3. The van der Waals surface area contributed by atoms with E-state index in [2.05, 4.69) is 13.8 Å². The maximum atomic E-state index is 11.9. The Morgan fingerprint density at radius 2 is 1.86 bits per heavy atom. The molecule has 2 rings (SSSR count). The highest BCUT2D eigenvalue weighted by Gasteiger charge is 2.32. The number of Topliss-reactive ketones (excluding diaryl/α,β-unsaturated/α-hetero) is 1. The summed E-state index contributed by atoms with van der Waals surface area (Å²) in [6.45, 7) is 10.3. The van der Waals surface area contributed by atoms with E-state index in [0.717, 1.165) is 5.69 Å². The van der Waals surface area contributed by atoms with Crippen LogP contribution in [0.4, 0.5) is 10.5 Å². The predicted octanol–water partition coefficient (Wildman–Crippen LogP) is 4.53. The molecule has 0 spiro atoms. The maximum absolute atomic E-state index is 11.9. The first-order valence-electron chi connectivity index (χ1n) is 8.05. The molecule has 0 N–H and O–H groups in total. The van der Waals surface area contributed by atoms with Gasteiger partial charge < -0.3 is 9.53 Å². The lowest BCUT2D eigenvalue weighted by Crippen LogP contribution is -2.24. The number of carbonyl (C=O) groups is 2. The van der Waals surface area contributed by atoms with Crippen molar-refractivity contribution < 1.29 is 14.3 Å². The second kappa shape index (κ2) is 8.57. The summed E-state index contributed by atoms with van der Waals surface area (Å²) in [6.07, 6.45) is 0.548. The molecule has 0 saturated carbocycles. The van der Waals surface area contributed by atoms with E-state index < -0.39 is 0 Å². The fourth-order valence-electron chi connectivity index (χ4n) is 2.29. The first-order valence-corrected chi connectivity index (χ1v) is 8.05. The highest BCUT2D eigenvalue weighted by Crippen LogP contribution is 2.25. The molecule has 1 saturated heterocycles. The lowest BCUT2D eigenvalue weighted by Gasteiger charge is -2.14. The molecular weight excluding hydrogens is 278 g/mol. The van der Waals surface area contributed by atoms with Gasteiger partial charge in [-0.2, -0.15) is 0 Å². The normalized spacial score (nSPS) is 17.1. The third-order valence-corrected chi connectivity index (χ3v) is 3.56. The zero-order valence-electron chi connectivity index (χ0n) is 14.3. The van der Waals surface area contributed by atoms with Crippen LogP contribution in [0.3, 0.4) is 0 Å². The van der Waals surface area contributed by atoms with Crippen LogP contribution in [0.5, 0.6) is 0 Å². The van der Waals surface area contributed by atoms with Gasteiger partial charge in [0, 0.05) is 12.1 Å². The summed E-state index contributed by atoms with van der Waals surface area (Å²) < 4.78 is 5.29. The van der Waals surface area contributed by atoms with Crippen LogP contribution in [0.15, 0.2) is 24.3 Å². The molecule has 0 aromatic heterocycles. The van der Waals surface area contributed by atoms with Gasteiger partial charge in [-0.15, -0.1) is 0 Å². The predicted molar refractivity (Wildman–Crippen MR) is 89.4 cm³/mol. The van der Waals surface area contributed by atoms with Crippen molar-refractivity contribution in [3.8, 4) is 0 Å². The number of cyclic esters (lactones) is 1. The van der Waals surface area contributed by atoms with Crippen LogP contribution < -0.4 is 4.90 Å². The van der Waals surface area contributed by atoms with Gasteiger partial charge in [0.25, 0.3) is 0 Å². The maximum Gasteiger partial charge on any atom is 0.414 e. The van der Waals surface area contributed by atoms with Crippen molar-refractivity contribution in [2.24, 2.45) is 0 Å². The van der Waals surface area contributed by atoms with E-state index >= 15 is 0 Å². The van der Waals surface area contributed by atoms with Gasteiger partial charge in [0.05, 0.1) is 6.54 Å². The SMILES string of the molecule is CC.CC(=O)CCC1CN(c2ccc(C(C)C)cc2)C(=O)O1. The van der Waals surface area contributed by atoms with Crippen LogP contribution in [-0.4, -0.2) is 24.5 Å². The van der Waals surface area contributed by atoms with E-state index in [1.54, 1.807) is 11.8 Å². The van der Waals surface area contributed by atoms with Crippen molar-refractivity contribution in [2.45, 2.75) is 59.5 Å². The highest BCUT2D eigenvalue weighted by atomic mass is 16.6. The van der Waals surface area contributed by atoms with Crippen molar-refractivity contribution >= 4 is 17.6 Å². The second-order valence-electron chi connectivity index (χ2n) is 5.60. The number of anilines is 1. The van der Waals surface area contributed by atoms with E-state index in [1.807, 2.05) is 38.1 Å². The molecule has 0 bridgehead atoms. The fourth-order valence-corrected chi connectivity index (χ4v) is 2.29. The molecule has 1 fully saturated rings. The molecule has 1 aromatic carbocycles. The first kappa shape index (κ1) is 18.2. The molecule has 0 radical (unpaired) electrons. The molecule has 4 heteroatoms. The summed E-state index contributed by atoms with van der Waals surface area (Å²) in [5.74, 6) is 0.596. The molecular formula is C18H27NO3. The number of hydrogen-bond donors (Lipinski definition) is 0. The van der Waals surface area contributed by atoms with Crippen molar-refractivity contribution in [3.63, 3.8) is 0 Å². The van der Waals surface area contributed by atoms with Crippen LogP contribution in [0, 0.1) is 0 Å². The molecule has 1 aliphatic heterocycles. The van der Waals surface area contributed by atoms with E-state index in [4.69, 9.17) is 4.74 Å². The van der Waals surface area contributed by atoms with Gasteiger partial charge in [-0.3, -0.25) is 4.90 Å². The Labute approximate surface area is 133 Å². The number of ether oxygens (including phenoxy) is 1. The number of ketones is 1. The van der Waals surface area contributed by atoms with Gasteiger partial charge >= 0.3 is 6.09 Å². The Morgan fingerprint density at radius 3 is 2.36 bits per heavy atom. The van der Waals surface area contributed by atoms with Crippen molar-refractivity contribution in [3.05, 3.63) is 29.8 Å². The Hall–Kier alpha value is -1.84. The number of benzene rings is 1. The average Bonchev–Trinajstić information content (AvgIpc) is 2.88. The summed E-state index contributed by atoms with van der Waals surface area (Å²) in [7, 11) is 0. The fraction of sp³-hybridized carbons (Fsp3) is 0.556. The Bertz CT molecular complexity index is 494. The number of carbonyl (C=O) groups excluding carboxylic acids is 2. The summed E-state index contributed by atoms with van der Waals surface area (Å²) in [5.41, 5.74) is 2.10. The zero-order valence-corrected chi connectivity index (χ0v) is 14.3. The van der Waals surface area contributed by atoms with Crippen LogP contribution >= 0.6 is 0 Å². The number of rotatable bonds is 5. The lowest BCUT2D eigenvalue weighted by atomic mass is 10.0. The Balaban J connectivity index is 0.00000116. The number of nitrogens with zero attached hydrogens (tertiary/aromatic N) is 1. The highest BCUT2D eigenvalue weighted by molar-refractivity contribution is 5.89. The van der Waals surface area contributed by atoms with Gasteiger partial charge in [0.1, 0.15) is 11.9 Å². The standard InChI is InChI=1S/C16H21NO3.C2H6/c1-11(2)13-5-7-14(8-6-13)17-10-15(20-16(17)19)9-4-12(3)18;1-2/h5-8,11,15H,4,9-10H2,1-3H3;1-2H3. The summed E-state index contributed by atoms with van der Waals surface area (Å²) in [4.78, 5) is 24.5. The third kappa shape index (κ3) is 4.86. The van der Waals surface area contributed by atoms with E-state index in [1.165, 1.54) is 5.56 Å². The minimum atomic E-state index is -0.323. The van der Waals surface area contributed by atoms with Gasteiger partial charge in [-0.1, -0.05) is 39.8 Å². The first-order chi connectivity index (χ1) is 10.5. The minimum Gasteiger partial charge on any atom is -0.444 e. The van der Waals surface area contributed by atoms with Crippen LogP contribution in [0.25, 0.3) is 0 Å². The topological polar surface area (TPSA) is 46.6 Å². The molecule has 1 amide bonds. The summed E-state index contributed by atoms with van der Waals surface area (Å²) in [6, 6.07) is 7.97. The summed E-state index contributed by atoms with van der Waals surface area (Å²) in [5, 5.41) is 0. The molecule has 1 aromatic rings. The van der Waals surface area contributed by atoms with E-state index in [-0.39, 0.29) is 18.0 Å². The van der Waals surface area contributed by atoms with Crippen LogP contribution in [0.1, 0.15) is 58.9 Å². The Morgan fingerprint density at radius 1 is 1.27 bits per heavy atom. The van der Waals surface area contributed by atoms with Gasteiger partial charge in [0.2, 0.25) is 0 Å². The van der Waals surface area contributed by atoms with Crippen LogP contribution in [0.2, 0.25) is 0 Å². The molecule has 22 heavy (non-hydrogen) atoms. The van der Waals surface area contributed by atoms with E-state index in [0.29, 0.717) is 25.3 Å². The van der Waals surface area contributed by atoms with Gasteiger partial charge in [-0.05, 0) is 37.0 Å². The molecule has 122 valence electrons. The molecule has 1 unspecified atom stereocenters. The quantitative estimate of drug-likeness (QED) is 0.803. The smallest absolute Gasteiger partial charge is 0.414 e. The van der Waals surface area contributed by atoms with Gasteiger partial charge in [-0.25, -0.2) is 4.79 Å². The molecule has 0 aliphatic carbocycles. The second-order valence-corrected chi connectivity index (χ2v) is 5.60. The van der Waals surface area contributed by atoms with Crippen molar-refractivity contribution in [1.29, 1.82) is 0 Å². The minimum absolute atomic E-state index is 0.126. The lowest BCUT2D eigenvalue weighted by molar-refractivity contribution is -0.117. The van der Waals surface area contributed by atoms with E-state index in [9.17, 15) is 9.59 Å². The average molecular weight is 305 g/mol. The molecule has 1 atom stereocenters. The van der Waals surface area contributed by atoms with Crippen molar-refractivity contribution in [2.75, 3.05) is 11.4 Å². The van der Waals surface area contributed by atoms with Crippen molar-refractivity contribution in [1.82, 2.24) is 0 Å². The summed E-state index contributed by atoms with van der Waals surface area (Å²) >= 11 is 0. The Kier molecular flexibility index (Phi) is 7.09. The largest absolute Gasteiger partial charge is 0.444 e. The zero-order chi connectivity index (χ0) is 16.7. The molecule has 1 heterocycles. The molecule has 4 nitrogen and oxygen atoms in total. The van der Waals surface area contributed by atoms with Gasteiger partial charge in [0.15, 0.2) is 0 Å². The monoisotopic (exact) mass is 305 g/mol. The van der Waals surface area contributed by atoms with Crippen LogP contribution in [-0.2, 0) is 9.53 Å². The number of amides is 1.